The van der Waals surface area contributed by atoms with Crippen molar-refractivity contribution in [2.75, 3.05) is 50.3 Å². The maximum Gasteiger partial charge on any atom is 0.414 e. The number of carbonyl (C=O) groups is 3. The number of methoxy groups -OCH3 is 2. The first kappa shape index (κ1) is 31.0. The molecular formula is C32H42N2O8Si. The summed E-state index contributed by atoms with van der Waals surface area (Å²) in [6.07, 6.45) is 1.12. The monoisotopic (exact) mass is 610 g/mol. The molecule has 2 saturated heterocycles. The Bertz CT molecular complexity index is 1370. The van der Waals surface area contributed by atoms with Crippen LogP contribution in [-0.2, 0) is 29.4 Å². The summed E-state index contributed by atoms with van der Waals surface area (Å²) in [7, 11) is 0.706. The normalized spacial score (nSPS) is 24.9. The molecule has 4 atom stereocenters. The predicted octanol–water partition coefficient (Wildman–Crippen LogP) is 3.94. The third-order valence-corrected chi connectivity index (χ3v) is 13.9. The van der Waals surface area contributed by atoms with Crippen LogP contribution in [0, 0.1) is 5.92 Å². The van der Waals surface area contributed by atoms with Gasteiger partial charge in [0.2, 0.25) is 0 Å². The number of unbranched alkanes of at least 4 members (excludes halogenated alkanes) is 1. The summed E-state index contributed by atoms with van der Waals surface area (Å²) < 4.78 is 22.3. The average molecular weight is 611 g/mol. The molecule has 10 nitrogen and oxygen atoms in total. The van der Waals surface area contributed by atoms with Gasteiger partial charge in [-0.25, -0.2) is 4.79 Å². The minimum Gasteiger partial charge on any atom is -0.497 e. The van der Waals surface area contributed by atoms with Gasteiger partial charge in [0, 0.05) is 36.7 Å². The van der Waals surface area contributed by atoms with Gasteiger partial charge in [0.25, 0.3) is 5.91 Å². The summed E-state index contributed by atoms with van der Waals surface area (Å²) in [4.78, 5) is 42.2. The van der Waals surface area contributed by atoms with Crippen molar-refractivity contribution in [2.24, 2.45) is 5.92 Å². The summed E-state index contributed by atoms with van der Waals surface area (Å²) >= 11 is 0. The van der Waals surface area contributed by atoms with Gasteiger partial charge in [-0.2, -0.15) is 0 Å². The van der Waals surface area contributed by atoms with E-state index < -0.39 is 19.8 Å². The highest BCUT2D eigenvalue weighted by atomic mass is 28.3. The number of nitrogens with zero attached hydrogens (tertiary/aromatic N) is 2. The topological polar surface area (TPSA) is 115 Å². The zero-order chi connectivity index (χ0) is 30.9. The number of hydrogen-bond acceptors (Lipinski definition) is 8. The molecule has 2 aromatic rings. The Morgan fingerprint density at radius 2 is 1.86 bits per heavy atom. The van der Waals surface area contributed by atoms with E-state index in [-0.39, 0.29) is 42.5 Å². The number of anilines is 2. The molecule has 3 aliphatic heterocycles. The zero-order valence-electron chi connectivity index (χ0n) is 25.6. The molecule has 2 amide bonds. The lowest BCUT2D eigenvalue weighted by Crippen LogP contribution is -2.52. The van der Waals surface area contributed by atoms with Gasteiger partial charge in [-0.3, -0.25) is 14.5 Å². The fourth-order valence-electron chi connectivity index (χ4n) is 7.36. The van der Waals surface area contributed by atoms with Crippen LogP contribution in [0.4, 0.5) is 16.2 Å². The molecule has 43 heavy (non-hydrogen) atoms. The molecular weight excluding hydrogens is 568 g/mol. The molecule has 2 aromatic carbocycles. The fourth-order valence-corrected chi connectivity index (χ4v) is 11.4. The van der Waals surface area contributed by atoms with Gasteiger partial charge in [-0.05, 0) is 55.1 Å². The number of benzene rings is 2. The Balaban J connectivity index is 1.57. The molecule has 0 aromatic heterocycles. The molecule has 3 aliphatic rings. The average Bonchev–Trinajstić information content (AvgIpc) is 3.64. The lowest BCUT2D eigenvalue weighted by atomic mass is 9.82. The summed E-state index contributed by atoms with van der Waals surface area (Å²) in [5, 5.41) is 11.3. The Hall–Kier alpha value is -3.41. The number of esters is 1. The van der Waals surface area contributed by atoms with Crippen molar-refractivity contribution >= 4 is 42.6 Å². The first-order valence-electron chi connectivity index (χ1n) is 15.0. The van der Waals surface area contributed by atoms with Gasteiger partial charge in [0.1, 0.15) is 12.4 Å². The zero-order valence-corrected chi connectivity index (χ0v) is 26.6. The molecule has 232 valence electrons. The molecule has 3 heterocycles. The van der Waals surface area contributed by atoms with Crippen LogP contribution < -0.4 is 19.7 Å². The number of hydrogen-bond donors (Lipinski definition) is 1. The first-order chi connectivity index (χ1) is 20.6. The number of aliphatic hydroxyl groups is 1. The van der Waals surface area contributed by atoms with E-state index in [1.807, 2.05) is 30.3 Å². The van der Waals surface area contributed by atoms with Gasteiger partial charge >= 0.3 is 12.1 Å². The first-order valence-corrected chi connectivity index (χ1v) is 18.1. The molecule has 1 N–H and O–H groups in total. The van der Waals surface area contributed by atoms with Crippen LogP contribution in [0.2, 0.25) is 18.6 Å². The number of ether oxygens (including phenoxy) is 4. The van der Waals surface area contributed by atoms with Gasteiger partial charge in [-0.15, -0.1) is 0 Å². The van der Waals surface area contributed by atoms with Crippen LogP contribution in [-0.4, -0.2) is 77.8 Å². The summed E-state index contributed by atoms with van der Waals surface area (Å²) in [6, 6.07) is 13.8. The predicted molar refractivity (Wildman–Crippen MR) is 165 cm³/mol. The second-order valence-electron chi connectivity index (χ2n) is 12.1. The van der Waals surface area contributed by atoms with Gasteiger partial charge in [0.15, 0.2) is 5.60 Å². The molecule has 5 rings (SSSR count). The molecule has 0 radical (unpaired) electrons. The number of rotatable bonds is 11. The number of amides is 2. The minimum absolute atomic E-state index is 0.00419. The van der Waals surface area contributed by atoms with E-state index in [1.54, 1.807) is 16.9 Å². The number of aliphatic hydroxyl groups excluding tert-OH is 1. The molecule has 11 heteroatoms. The van der Waals surface area contributed by atoms with Crippen LogP contribution in [0.5, 0.6) is 5.75 Å². The maximum atomic E-state index is 14.7. The van der Waals surface area contributed by atoms with Gasteiger partial charge < -0.3 is 29.0 Å². The Labute approximate surface area is 253 Å². The third kappa shape index (κ3) is 5.31. The molecule has 0 aliphatic carbocycles. The van der Waals surface area contributed by atoms with E-state index in [0.29, 0.717) is 44.6 Å². The standard InChI is InChI=1S/C32H42N2O8Si/c1-21-29(43(4,5)24-12-10-23(39-2)11-13-24)27(15-18-35)42-32(21)25-20-22(33-17-19-41-31(33)38)9-14-26(25)34(30(32)37)16-7-6-8-28(36)40-3/h9-14,20-21,27,29,35H,6-8,15-19H2,1-5H3/t21-,27+,29-,32+/m0/s1. The van der Waals surface area contributed by atoms with E-state index in [9.17, 15) is 19.5 Å². The minimum atomic E-state index is -2.31. The summed E-state index contributed by atoms with van der Waals surface area (Å²) in [6.45, 7) is 7.78. The Morgan fingerprint density at radius 3 is 2.49 bits per heavy atom. The second kappa shape index (κ2) is 12.3. The van der Waals surface area contributed by atoms with Crippen molar-refractivity contribution in [1.29, 1.82) is 0 Å². The Kier molecular flexibility index (Phi) is 8.87. The summed E-state index contributed by atoms with van der Waals surface area (Å²) in [5.74, 6) is 0.141. The number of cyclic esters (lactones) is 1. The smallest absolute Gasteiger partial charge is 0.414 e. The lowest BCUT2D eigenvalue weighted by molar-refractivity contribution is -0.146. The molecule has 0 unspecified atom stereocenters. The van der Waals surface area contributed by atoms with Crippen LogP contribution in [0.25, 0.3) is 0 Å². The van der Waals surface area contributed by atoms with Crippen LogP contribution in [0.1, 0.15) is 38.2 Å². The van der Waals surface area contributed by atoms with Gasteiger partial charge in [-0.1, -0.05) is 37.3 Å². The quantitative estimate of drug-likeness (QED) is 0.231. The van der Waals surface area contributed by atoms with Crippen molar-refractivity contribution < 1.29 is 38.4 Å². The molecule has 0 bridgehead atoms. The maximum absolute atomic E-state index is 14.7. The lowest BCUT2D eigenvalue weighted by Gasteiger charge is -2.37. The highest BCUT2D eigenvalue weighted by Gasteiger charge is 2.66. The second-order valence-corrected chi connectivity index (χ2v) is 16.8. The largest absolute Gasteiger partial charge is 0.497 e. The molecule has 2 fully saturated rings. The van der Waals surface area contributed by atoms with Crippen molar-refractivity contribution in [1.82, 2.24) is 0 Å². The van der Waals surface area contributed by atoms with Crippen LogP contribution in [0.15, 0.2) is 42.5 Å². The fraction of sp³-hybridized carbons (Fsp3) is 0.531. The van der Waals surface area contributed by atoms with Crippen LogP contribution >= 0.6 is 0 Å². The SMILES string of the molecule is COC(=O)CCCCN1C(=O)[C@]2(O[C@H](CCO)[C@@H]([Si](C)(C)c3ccc(OC)cc3)[C@@H]2C)c2cc(N3CCOC3=O)ccc21. The van der Waals surface area contributed by atoms with E-state index in [4.69, 9.17) is 18.9 Å². The van der Waals surface area contributed by atoms with Crippen molar-refractivity contribution in [2.45, 2.75) is 62.9 Å². The van der Waals surface area contributed by atoms with Crippen LogP contribution in [0.3, 0.4) is 0 Å². The van der Waals surface area contributed by atoms with E-state index in [0.717, 1.165) is 17.0 Å². The van der Waals surface area contributed by atoms with E-state index in [2.05, 4.69) is 32.2 Å². The van der Waals surface area contributed by atoms with E-state index >= 15 is 0 Å². The van der Waals surface area contributed by atoms with E-state index in [1.165, 1.54) is 12.3 Å². The van der Waals surface area contributed by atoms with Crippen molar-refractivity contribution in [3.8, 4) is 5.75 Å². The molecule has 0 saturated carbocycles. The molecule has 1 spiro atoms. The highest BCUT2D eigenvalue weighted by molar-refractivity contribution is 6.91. The Morgan fingerprint density at radius 1 is 1.12 bits per heavy atom. The number of fused-ring (bicyclic) bond motifs is 2. The van der Waals surface area contributed by atoms with Crippen molar-refractivity contribution in [3.05, 3.63) is 48.0 Å². The van der Waals surface area contributed by atoms with Gasteiger partial charge in [0.05, 0.1) is 40.6 Å². The number of carbonyl (C=O) groups excluding carboxylic acids is 3. The summed E-state index contributed by atoms with van der Waals surface area (Å²) in [5.41, 5.74) is 0.868. The highest BCUT2D eigenvalue weighted by Crippen LogP contribution is 2.60. The third-order valence-electron chi connectivity index (χ3n) is 9.55. The van der Waals surface area contributed by atoms with Crippen molar-refractivity contribution in [3.63, 3.8) is 0 Å².